The fraction of sp³-hybridized carbons (Fsp3) is 0.625. The summed E-state index contributed by atoms with van der Waals surface area (Å²) in [6.45, 7) is 0. The highest BCUT2D eigenvalue weighted by Crippen LogP contribution is 2.26. The van der Waals surface area contributed by atoms with Crippen LogP contribution in [0.2, 0.25) is 0 Å². The average molecular weight is 167 g/mol. The van der Waals surface area contributed by atoms with Gasteiger partial charge < -0.3 is 10.5 Å². The van der Waals surface area contributed by atoms with Crippen LogP contribution >= 0.6 is 0 Å². The highest BCUT2D eigenvalue weighted by atomic mass is 16.5. The van der Waals surface area contributed by atoms with Crippen molar-refractivity contribution in [2.45, 2.75) is 25.7 Å². The van der Waals surface area contributed by atoms with E-state index in [9.17, 15) is 5.21 Å². The van der Waals surface area contributed by atoms with Crippen molar-refractivity contribution in [1.82, 2.24) is 9.94 Å². The maximum Gasteiger partial charge on any atom is 0.154 e. The van der Waals surface area contributed by atoms with Gasteiger partial charge in [-0.25, -0.2) is 0 Å². The van der Waals surface area contributed by atoms with Gasteiger partial charge in [-0.3, -0.25) is 0 Å². The Balaban J connectivity index is 2.47. The molecule has 4 heteroatoms. The second-order valence-corrected chi connectivity index (χ2v) is 3.12. The summed E-state index contributed by atoms with van der Waals surface area (Å²) >= 11 is 0. The zero-order chi connectivity index (χ0) is 8.55. The normalized spacial score (nSPS) is 15.8. The number of hydrogen-bond acceptors (Lipinski definition) is 3. The number of hydrogen-bond donors (Lipinski definition) is 2. The van der Waals surface area contributed by atoms with E-state index in [0.717, 1.165) is 35.6 Å². The Bertz CT molecular complexity index is 293. The molecule has 0 radical (unpaired) electrons. The molecule has 0 aliphatic heterocycles. The van der Waals surface area contributed by atoms with Crippen molar-refractivity contribution in [1.29, 1.82) is 0 Å². The van der Waals surface area contributed by atoms with E-state index in [2.05, 4.69) is 10.4 Å². The second kappa shape index (κ2) is 2.69. The molecule has 66 valence electrons. The average Bonchev–Trinajstić information content (AvgIpc) is 2.44. The van der Waals surface area contributed by atoms with Crippen LogP contribution < -0.4 is 5.32 Å². The summed E-state index contributed by atoms with van der Waals surface area (Å²) in [6, 6.07) is 0. The minimum absolute atomic E-state index is 0.826. The third-order valence-corrected chi connectivity index (χ3v) is 2.40. The van der Waals surface area contributed by atoms with Crippen LogP contribution in [-0.2, 0) is 12.8 Å². The van der Waals surface area contributed by atoms with E-state index in [1.54, 1.807) is 0 Å². The molecule has 0 amide bonds. The lowest BCUT2D eigenvalue weighted by Crippen LogP contribution is -2.06. The molecule has 1 aliphatic carbocycles. The molecular formula is C8H13N3O. The summed E-state index contributed by atoms with van der Waals surface area (Å²) in [5.74, 6) is 0.826. The first-order chi connectivity index (χ1) is 5.83. The van der Waals surface area contributed by atoms with Crippen molar-refractivity contribution in [3.05, 3.63) is 11.3 Å². The van der Waals surface area contributed by atoms with E-state index in [1.165, 1.54) is 12.0 Å². The molecule has 2 rings (SSSR count). The largest absolute Gasteiger partial charge is 0.411 e. The molecule has 0 unspecified atom stereocenters. The van der Waals surface area contributed by atoms with Crippen LogP contribution in [0.1, 0.15) is 24.1 Å². The van der Waals surface area contributed by atoms with Crippen molar-refractivity contribution in [3.63, 3.8) is 0 Å². The number of rotatable bonds is 1. The lowest BCUT2D eigenvalue weighted by Gasteiger charge is -2.10. The predicted molar refractivity (Wildman–Crippen MR) is 45.6 cm³/mol. The highest BCUT2D eigenvalue weighted by molar-refractivity contribution is 5.47. The molecule has 12 heavy (non-hydrogen) atoms. The lowest BCUT2D eigenvalue weighted by atomic mass is 9.97. The van der Waals surface area contributed by atoms with Gasteiger partial charge in [0.25, 0.3) is 0 Å². The minimum Gasteiger partial charge on any atom is -0.411 e. The molecule has 1 aliphatic rings. The Labute approximate surface area is 71.2 Å². The van der Waals surface area contributed by atoms with Gasteiger partial charge in [0.15, 0.2) is 5.82 Å². The fourth-order valence-corrected chi connectivity index (χ4v) is 1.78. The quantitative estimate of drug-likeness (QED) is 0.614. The molecule has 0 saturated heterocycles. The molecule has 0 saturated carbocycles. The molecule has 1 heterocycles. The standard InChI is InChI=1S/C8H13N3O/c1-9-8-6-4-2-3-5-7(6)11(12)10-8/h12H,2-5H2,1H3,(H,9,10). The van der Waals surface area contributed by atoms with Crippen molar-refractivity contribution in [2.75, 3.05) is 12.4 Å². The van der Waals surface area contributed by atoms with Gasteiger partial charge in [0.2, 0.25) is 0 Å². The second-order valence-electron chi connectivity index (χ2n) is 3.12. The molecule has 2 N–H and O–H groups in total. The van der Waals surface area contributed by atoms with Crippen LogP contribution in [0.4, 0.5) is 5.82 Å². The first kappa shape index (κ1) is 7.46. The van der Waals surface area contributed by atoms with E-state index < -0.39 is 0 Å². The fourth-order valence-electron chi connectivity index (χ4n) is 1.78. The van der Waals surface area contributed by atoms with Crippen molar-refractivity contribution < 1.29 is 5.21 Å². The van der Waals surface area contributed by atoms with Crippen molar-refractivity contribution in [3.8, 4) is 0 Å². The predicted octanol–water partition coefficient (Wildman–Crippen LogP) is 1.04. The summed E-state index contributed by atoms with van der Waals surface area (Å²) in [4.78, 5) is 1.01. The molecule has 0 fully saturated rings. The first-order valence-electron chi connectivity index (χ1n) is 4.30. The van der Waals surface area contributed by atoms with Crippen LogP contribution in [0, 0.1) is 0 Å². The Hall–Kier alpha value is -1.19. The number of nitrogens with one attached hydrogen (secondary N) is 1. The first-order valence-corrected chi connectivity index (χ1v) is 4.30. The third-order valence-electron chi connectivity index (χ3n) is 2.40. The summed E-state index contributed by atoms with van der Waals surface area (Å²) in [7, 11) is 1.83. The van der Waals surface area contributed by atoms with Gasteiger partial charge >= 0.3 is 0 Å². The Morgan fingerprint density at radius 3 is 2.92 bits per heavy atom. The maximum atomic E-state index is 9.37. The Morgan fingerprint density at radius 1 is 1.42 bits per heavy atom. The smallest absolute Gasteiger partial charge is 0.154 e. The van der Waals surface area contributed by atoms with Crippen LogP contribution in [0.5, 0.6) is 0 Å². The van der Waals surface area contributed by atoms with Crippen molar-refractivity contribution in [2.24, 2.45) is 0 Å². The maximum absolute atomic E-state index is 9.37. The summed E-state index contributed by atoms with van der Waals surface area (Å²) in [5.41, 5.74) is 2.16. The van der Waals surface area contributed by atoms with Crippen LogP contribution in [-0.4, -0.2) is 22.2 Å². The van der Waals surface area contributed by atoms with E-state index in [1.807, 2.05) is 7.05 Å². The van der Waals surface area contributed by atoms with Gasteiger partial charge in [-0.15, -0.1) is 9.94 Å². The summed E-state index contributed by atoms with van der Waals surface area (Å²) in [5, 5.41) is 16.3. The van der Waals surface area contributed by atoms with Crippen LogP contribution in [0.25, 0.3) is 0 Å². The molecule has 1 aromatic rings. The van der Waals surface area contributed by atoms with Gasteiger partial charge in [0, 0.05) is 12.6 Å². The molecule has 0 aromatic carbocycles. The van der Waals surface area contributed by atoms with Crippen molar-refractivity contribution >= 4 is 5.82 Å². The summed E-state index contributed by atoms with van der Waals surface area (Å²) < 4.78 is 0. The Morgan fingerprint density at radius 2 is 2.17 bits per heavy atom. The monoisotopic (exact) mass is 167 g/mol. The SMILES string of the molecule is CNc1nn(O)c2c1CCCC2. The molecular weight excluding hydrogens is 154 g/mol. The van der Waals surface area contributed by atoms with E-state index >= 15 is 0 Å². The minimum atomic E-state index is 0.826. The lowest BCUT2D eigenvalue weighted by molar-refractivity contribution is 0.139. The number of aromatic nitrogens is 2. The molecule has 0 atom stereocenters. The van der Waals surface area contributed by atoms with Crippen LogP contribution in [0.3, 0.4) is 0 Å². The van der Waals surface area contributed by atoms with E-state index in [-0.39, 0.29) is 0 Å². The van der Waals surface area contributed by atoms with E-state index in [4.69, 9.17) is 0 Å². The number of nitrogens with zero attached hydrogens (tertiary/aromatic N) is 2. The molecule has 0 bridgehead atoms. The zero-order valence-electron chi connectivity index (χ0n) is 7.17. The number of anilines is 1. The topological polar surface area (TPSA) is 50.1 Å². The van der Waals surface area contributed by atoms with E-state index in [0.29, 0.717) is 0 Å². The van der Waals surface area contributed by atoms with Gasteiger partial charge in [-0.2, -0.15) is 0 Å². The molecule has 0 spiro atoms. The van der Waals surface area contributed by atoms with Gasteiger partial charge in [-0.1, -0.05) is 0 Å². The van der Waals surface area contributed by atoms with Gasteiger partial charge in [0.1, 0.15) is 0 Å². The Kier molecular flexibility index (Phi) is 1.67. The number of fused-ring (bicyclic) bond motifs is 1. The van der Waals surface area contributed by atoms with Crippen LogP contribution in [0.15, 0.2) is 0 Å². The zero-order valence-corrected chi connectivity index (χ0v) is 7.17. The molecule has 4 nitrogen and oxygen atoms in total. The summed E-state index contributed by atoms with van der Waals surface area (Å²) in [6.07, 6.45) is 4.34. The van der Waals surface area contributed by atoms with Gasteiger partial charge in [0.05, 0.1) is 5.69 Å². The highest BCUT2D eigenvalue weighted by Gasteiger charge is 2.19. The van der Waals surface area contributed by atoms with Gasteiger partial charge in [-0.05, 0) is 25.7 Å². The molecule has 1 aromatic heterocycles. The third kappa shape index (κ3) is 0.948.